The maximum Gasteiger partial charge on any atom is 0.416 e. The summed E-state index contributed by atoms with van der Waals surface area (Å²) in [4.78, 5) is 0. The topological polar surface area (TPSA) is 90.3 Å². The largest absolute Gasteiger partial charge is 0.492 e. The Kier molecular flexibility index (Phi) is 6.16. The normalized spacial score (nSPS) is 11.4. The predicted molar refractivity (Wildman–Crippen MR) is 110 cm³/mol. The van der Waals surface area contributed by atoms with Crippen LogP contribution < -0.4 is 15.4 Å². The lowest BCUT2D eigenvalue weighted by Crippen LogP contribution is -2.30. The van der Waals surface area contributed by atoms with Gasteiger partial charge in [0.15, 0.2) is 0 Å². The average Bonchev–Trinajstić information content (AvgIpc) is 3.02. The number of aromatic nitrogens is 1. The molecule has 0 radical (unpaired) electrons. The van der Waals surface area contributed by atoms with Crippen molar-refractivity contribution in [2.24, 2.45) is 0 Å². The Hall–Kier alpha value is -3.27. The number of hydrogen-bond donors (Lipinski definition) is 4. The molecule has 0 saturated carbocycles. The maximum atomic E-state index is 12.8. The zero-order valence-corrected chi connectivity index (χ0v) is 16.9. The molecule has 3 aromatic rings. The summed E-state index contributed by atoms with van der Waals surface area (Å²) in [6.07, 6.45) is -4.44. The number of anilines is 2. The van der Waals surface area contributed by atoms with Crippen LogP contribution in [0.4, 0.5) is 23.9 Å². The van der Waals surface area contributed by atoms with Gasteiger partial charge in [0.25, 0.3) is 0 Å². The highest BCUT2D eigenvalue weighted by Gasteiger charge is 2.30. The Morgan fingerprint density at radius 3 is 2.47 bits per heavy atom. The number of nitrogens with one attached hydrogen (secondary N) is 3. The van der Waals surface area contributed by atoms with Gasteiger partial charge < -0.3 is 20.5 Å². The second kappa shape index (κ2) is 8.62. The molecule has 6 nitrogen and oxygen atoms in total. The van der Waals surface area contributed by atoms with Crippen molar-refractivity contribution in [3.8, 4) is 17.4 Å². The minimum absolute atomic E-state index is 0.0110. The number of halogens is 3. The average molecular weight is 436 g/mol. The maximum absolute atomic E-state index is 12.8. The van der Waals surface area contributed by atoms with Crippen LogP contribution in [0, 0.1) is 5.41 Å². The van der Waals surface area contributed by atoms with Gasteiger partial charge in [0, 0.05) is 11.7 Å². The van der Waals surface area contributed by atoms with Gasteiger partial charge >= 0.3 is 6.18 Å². The van der Waals surface area contributed by atoms with Crippen LogP contribution in [0.3, 0.4) is 0 Å². The summed E-state index contributed by atoms with van der Waals surface area (Å²) >= 11 is 1.01. The van der Waals surface area contributed by atoms with Crippen LogP contribution in [0.1, 0.15) is 25.0 Å². The zero-order chi connectivity index (χ0) is 21.9. The van der Waals surface area contributed by atoms with Crippen molar-refractivity contribution >= 4 is 28.1 Å². The second-order valence-corrected chi connectivity index (χ2v) is 7.43. The van der Waals surface area contributed by atoms with Gasteiger partial charge in [-0.1, -0.05) is 6.07 Å². The molecule has 0 aliphatic rings. The molecule has 2 aromatic carbocycles. The van der Waals surface area contributed by atoms with Crippen molar-refractivity contribution in [2.45, 2.75) is 26.1 Å². The third-order valence-electron chi connectivity index (χ3n) is 3.87. The highest BCUT2D eigenvalue weighted by molar-refractivity contribution is 7.11. The zero-order valence-electron chi connectivity index (χ0n) is 16.0. The number of amidine groups is 1. The van der Waals surface area contributed by atoms with Crippen molar-refractivity contribution < 1.29 is 23.0 Å². The molecule has 3 rings (SSSR count). The summed E-state index contributed by atoms with van der Waals surface area (Å²) in [6, 6.07) is 11.2. The van der Waals surface area contributed by atoms with Crippen molar-refractivity contribution in [3.05, 3.63) is 59.7 Å². The summed E-state index contributed by atoms with van der Waals surface area (Å²) in [5, 5.41) is 24.5. The molecule has 0 atom stereocenters. The molecular formula is C20H19F3N4O2S. The molecule has 1 aromatic heterocycles. The Morgan fingerprint density at radius 2 is 1.83 bits per heavy atom. The van der Waals surface area contributed by atoms with Crippen LogP contribution in [0.2, 0.25) is 0 Å². The number of alkyl halides is 3. The van der Waals surface area contributed by atoms with Gasteiger partial charge in [0.1, 0.15) is 27.9 Å². The lowest BCUT2D eigenvalue weighted by Gasteiger charge is -2.13. The first-order chi connectivity index (χ1) is 14.1. The summed E-state index contributed by atoms with van der Waals surface area (Å²) < 4.78 is 47.9. The molecule has 10 heteroatoms. The molecule has 0 fully saturated rings. The van der Waals surface area contributed by atoms with E-state index in [-0.39, 0.29) is 29.1 Å². The molecule has 0 aliphatic heterocycles. The quantitative estimate of drug-likeness (QED) is 0.293. The van der Waals surface area contributed by atoms with Crippen LogP contribution in [0.5, 0.6) is 17.4 Å². The molecule has 0 saturated heterocycles. The first-order valence-corrected chi connectivity index (χ1v) is 9.67. The standard InChI is InChI=1S/C20H19F3N4O2S/c1-11(2)25-17(24)16-18(28)27-30-19(16)26-13-6-8-14(9-7-13)29-15-5-3-4-12(10-15)20(21,22)23/h3-11,26H,1-2H3,(H2,24,25)(H,27,28). The number of aromatic hydroxyl groups is 1. The molecule has 0 bridgehead atoms. The van der Waals surface area contributed by atoms with E-state index < -0.39 is 11.7 Å². The van der Waals surface area contributed by atoms with Crippen molar-refractivity contribution in [2.75, 3.05) is 5.32 Å². The van der Waals surface area contributed by atoms with Gasteiger partial charge in [-0.2, -0.15) is 17.5 Å². The number of ether oxygens (including phenoxy) is 1. The fourth-order valence-corrected chi connectivity index (χ4v) is 3.28. The van der Waals surface area contributed by atoms with Crippen LogP contribution in [-0.2, 0) is 6.18 Å². The third kappa shape index (κ3) is 5.20. The van der Waals surface area contributed by atoms with E-state index in [0.717, 1.165) is 23.7 Å². The van der Waals surface area contributed by atoms with E-state index in [9.17, 15) is 18.3 Å². The number of nitrogens with zero attached hydrogens (tertiary/aromatic N) is 1. The molecule has 0 spiro atoms. The molecule has 0 aliphatic carbocycles. The van der Waals surface area contributed by atoms with Crippen LogP contribution >= 0.6 is 11.5 Å². The monoisotopic (exact) mass is 436 g/mol. The van der Waals surface area contributed by atoms with Crippen molar-refractivity contribution in [1.82, 2.24) is 9.69 Å². The van der Waals surface area contributed by atoms with E-state index in [1.165, 1.54) is 12.1 Å². The van der Waals surface area contributed by atoms with E-state index in [2.05, 4.69) is 15.0 Å². The number of rotatable bonds is 6. The Balaban J connectivity index is 1.73. The lowest BCUT2D eigenvalue weighted by molar-refractivity contribution is -0.137. The van der Waals surface area contributed by atoms with Crippen LogP contribution in [-0.4, -0.2) is 21.4 Å². The third-order valence-corrected chi connectivity index (χ3v) is 4.62. The molecular weight excluding hydrogens is 417 g/mol. The Morgan fingerprint density at radius 1 is 1.13 bits per heavy atom. The van der Waals surface area contributed by atoms with E-state index in [1.807, 2.05) is 13.8 Å². The summed E-state index contributed by atoms with van der Waals surface area (Å²) in [5.74, 6) is 0.239. The van der Waals surface area contributed by atoms with Gasteiger partial charge in [-0.05, 0) is 67.8 Å². The SMILES string of the molecule is CC(C)NC(=N)c1c(O)nsc1Nc1ccc(Oc2cccc(C(F)(F)F)c2)cc1. The molecule has 1 heterocycles. The number of hydrogen-bond acceptors (Lipinski definition) is 6. The molecule has 4 N–H and O–H groups in total. The van der Waals surface area contributed by atoms with Gasteiger partial charge in [0.05, 0.1) is 5.56 Å². The second-order valence-electron chi connectivity index (χ2n) is 6.66. The predicted octanol–water partition coefficient (Wildman–Crippen LogP) is 5.73. The fourth-order valence-electron chi connectivity index (χ4n) is 2.56. The Bertz CT molecular complexity index is 1030. The van der Waals surface area contributed by atoms with Gasteiger partial charge in [-0.25, -0.2) is 0 Å². The van der Waals surface area contributed by atoms with Gasteiger partial charge in [-0.3, -0.25) is 5.41 Å². The smallest absolute Gasteiger partial charge is 0.416 e. The molecule has 0 amide bonds. The first-order valence-electron chi connectivity index (χ1n) is 8.90. The minimum atomic E-state index is -4.44. The number of benzene rings is 2. The van der Waals surface area contributed by atoms with Crippen LogP contribution in [0.15, 0.2) is 48.5 Å². The summed E-state index contributed by atoms with van der Waals surface area (Å²) in [7, 11) is 0. The van der Waals surface area contributed by atoms with E-state index in [4.69, 9.17) is 10.1 Å². The van der Waals surface area contributed by atoms with E-state index in [1.54, 1.807) is 24.3 Å². The van der Waals surface area contributed by atoms with E-state index >= 15 is 0 Å². The van der Waals surface area contributed by atoms with Gasteiger partial charge in [-0.15, -0.1) is 0 Å². The highest BCUT2D eigenvalue weighted by atomic mass is 32.1. The van der Waals surface area contributed by atoms with Crippen molar-refractivity contribution in [1.29, 1.82) is 5.41 Å². The molecule has 0 unspecified atom stereocenters. The minimum Gasteiger partial charge on any atom is -0.492 e. The molecule has 158 valence electrons. The summed E-state index contributed by atoms with van der Waals surface area (Å²) in [6.45, 7) is 3.75. The Labute approximate surface area is 175 Å². The highest BCUT2D eigenvalue weighted by Crippen LogP contribution is 2.34. The first kappa shape index (κ1) is 21.4. The van der Waals surface area contributed by atoms with Gasteiger partial charge in [0.2, 0.25) is 5.88 Å². The van der Waals surface area contributed by atoms with Crippen LogP contribution in [0.25, 0.3) is 0 Å². The summed E-state index contributed by atoms with van der Waals surface area (Å²) in [5.41, 5.74) is 0.111. The molecule has 30 heavy (non-hydrogen) atoms. The lowest BCUT2D eigenvalue weighted by atomic mass is 10.2. The fraction of sp³-hybridized carbons (Fsp3) is 0.200. The van der Waals surface area contributed by atoms with E-state index in [0.29, 0.717) is 16.4 Å². The van der Waals surface area contributed by atoms with Crippen molar-refractivity contribution in [3.63, 3.8) is 0 Å².